The minimum absolute atomic E-state index is 0.165. The minimum Gasteiger partial charge on any atom is -0.507 e. The highest BCUT2D eigenvalue weighted by Gasteiger charge is 2.30. The maximum atomic E-state index is 12.4. The van der Waals surface area contributed by atoms with E-state index in [0.717, 1.165) is 61.5 Å². The highest BCUT2D eigenvalue weighted by atomic mass is 16.3. The topological polar surface area (TPSA) is 63.8 Å². The van der Waals surface area contributed by atoms with Crippen LogP contribution in [0.3, 0.4) is 0 Å². The fraction of sp³-hybridized carbons (Fsp3) is 0.286. The standard InChI is InChI=1S/C49H52N4O/c1-30(2)37-19-16-20-38(31(3)4)44(37)53-46(40-28-36(48(5,6)7)29-41(45(40)54)49(8,9)10)52-43-39(22-24-51-47(43)53)34-25-33(32-17-12-11-13-18-32)26-35(27-34)42-21-14-15-23-50-42/h11-31,54H,1-10H3. The molecule has 54 heavy (non-hydrogen) atoms. The van der Waals surface area contributed by atoms with E-state index in [4.69, 9.17) is 15.0 Å². The Morgan fingerprint density at radius 1 is 0.574 bits per heavy atom. The van der Waals surface area contributed by atoms with E-state index in [9.17, 15) is 5.11 Å². The fourth-order valence-corrected chi connectivity index (χ4v) is 7.44. The molecule has 274 valence electrons. The van der Waals surface area contributed by atoms with Crippen molar-refractivity contribution in [1.29, 1.82) is 0 Å². The summed E-state index contributed by atoms with van der Waals surface area (Å²) in [4.78, 5) is 15.4. The van der Waals surface area contributed by atoms with Gasteiger partial charge in [0.2, 0.25) is 0 Å². The molecule has 0 fully saturated rings. The molecule has 0 aliphatic heterocycles. The van der Waals surface area contributed by atoms with E-state index in [0.29, 0.717) is 11.4 Å². The molecule has 0 aliphatic carbocycles. The van der Waals surface area contributed by atoms with Crippen LogP contribution in [0.2, 0.25) is 0 Å². The SMILES string of the molecule is CC(C)c1cccc(C(C)C)c1-n1c(-c2cc(C(C)(C)C)cc(C(C)(C)C)c2O)nc2c(-c3cc(-c4ccccc4)cc(-c4ccccn4)c3)ccnc21. The predicted molar refractivity (Wildman–Crippen MR) is 226 cm³/mol. The van der Waals surface area contributed by atoms with E-state index < -0.39 is 0 Å². The van der Waals surface area contributed by atoms with E-state index in [-0.39, 0.29) is 28.4 Å². The Labute approximate surface area is 320 Å². The van der Waals surface area contributed by atoms with Crippen molar-refractivity contribution in [3.05, 3.63) is 138 Å². The van der Waals surface area contributed by atoms with Crippen LogP contribution in [0.25, 0.3) is 61.8 Å². The Morgan fingerprint density at radius 3 is 1.83 bits per heavy atom. The number of nitrogens with zero attached hydrogens (tertiary/aromatic N) is 4. The molecule has 1 N–H and O–H groups in total. The number of aromatic hydroxyl groups is 1. The number of aromatic nitrogens is 4. The molecule has 0 aliphatic rings. The first-order valence-corrected chi connectivity index (χ1v) is 19.1. The number of imidazole rings is 1. The van der Waals surface area contributed by atoms with Crippen LogP contribution in [-0.4, -0.2) is 24.6 Å². The van der Waals surface area contributed by atoms with E-state index in [1.807, 2.05) is 30.6 Å². The van der Waals surface area contributed by atoms with Crippen LogP contribution in [-0.2, 0) is 10.8 Å². The Morgan fingerprint density at radius 2 is 1.22 bits per heavy atom. The zero-order chi connectivity index (χ0) is 38.5. The van der Waals surface area contributed by atoms with Crippen molar-refractivity contribution >= 4 is 11.2 Å². The normalized spacial score (nSPS) is 12.3. The third-order valence-corrected chi connectivity index (χ3v) is 10.4. The van der Waals surface area contributed by atoms with Crippen molar-refractivity contribution in [2.45, 2.75) is 91.9 Å². The lowest BCUT2D eigenvalue weighted by Gasteiger charge is -2.28. The lowest BCUT2D eigenvalue weighted by molar-refractivity contribution is 0.446. The molecule has 3 heterocycles. The highest BCUT2D eigenvalue weighted by Crippen LogP contribution is 2.46. The lowest BCUT2D eigenvalue weighted by Crippen LogP contribution is -2.17. The first-order valence-electron chi connectivity index (χ1n) is 19.1. The van der Waals surface area contributed by atoms with E-state index >= 15 is 0 Å². The van der Waals surface area contributed by atoms with Gasteiger partial charge in [-0.3, -0.25) is 9.55 Å². The van der Waals surface area contributed by atoms with E-state index in [1.165, 1.54) is 11.1 Å². The maximum absolute atomic E-state index is 12.4. The number of benzene rings is 4. The van der Waals surface area contributed by atoms with Gasteiger partial charge in [0.1, 0.15) is 11.3 Å². The predicted octanol–water partition coefficient (Wildman–Crippen LogP) is 13.0. The summed E-state index contributed by atoms with van der Waals surface area (Å²) in [6.07, 6.45) is 3.74. The molecule has 4 aromatic carbocycles. The molecule has 0 saturated heterocycles. The number of pyridine rings is 2. The summed E-state index contributed by atoms with van der Waals surface area (Å²) in [7, 11) is 0. The van der Waals surface area contributed by atoms with Crippen molar-refractivity contribution in [1.82, 2.24) is 19.5 Å². The molecule has 0 spiro atoms. The second-order valence-corrected chi connectivity index (χ2v) is 17.2. The van der Waals surface area contributed by atoms with Crippen LogP contribution >= 0.6 is 0 Å². The van der Waals surface area contributed by atoms with Gasteiger partial charge in [0.25, 0.3) is 0 Å². The summed E-state index contributed by atoms with van der Waals surface area (Å²) in [6, 6.07) is 36.2. The summed E-state index contributed by atoms with van der Waals surface area (Å²) in [6.45, 7) is 22.1. The summed E-state index contributed by atoms with van der Waals surface area (Å²) in [5.41, 5.74) is 13.4. The number of fused-ring (bicyclic) bond motifs is 1. The van der Waals surface area contributed by atoms with Crippen LogP contribution in [0.5, 0.6) is 5.75 Å². The Kier molecular flexibility index (Phi) is 9.55. The highest BCUT2D eigenvalue weighted by molar-refractivity contribution is 5.96. The lowest BCUT2D eigenvalue weighted by atomic mass is 9.79. The minimum atomic E-state index is -0.307. The van der Waals surface area contributed by atoms with E-state index in [1.54, 1.807) is 0 Å². The summed E-state index contributed by atoms with van der Waals surface area (Å²) in [5, 5.41) is 12.4. The second-order valence-electron chi connectivity index (χ2n) is 17.2. The zero-order valence-electron chi connectivity index (χ0n) is 33.4. The second kappa shape index (κ2) is 14.0. The van der Waals surface area contributed by atoms with Crippen molar-refractivity contribution < 1.29 is 5.11 Å². The third kappa shape index (κ3) is 6.84. The van der Waals surface area contributed by atoms with Crippen LogP contribution in [0, 0.1) is 0 Å². The zero-order valence-corrected chi connectivity index (χ0v) is 33.4. The summed E-state index contributed by atoms with van der Waals surface area (Å²) in [5.74, 6) is 1.40. The van der Waals surface area contributed by atoms with Crippen molar-refractivity contribution in [3.63, 3.8) is 0 Å². The third-order valence-electron chi connectivity index (χ3n) is 10.4. The average Bonchev–Trinajstić information content (AvgIpc) is 3.53. The average molecular weight is 713 g/mol. The van der Waals surface area contributed by atoms with Gasteiger partial charge in [-0.05, 0) is 98.5 Å². The number of hydrogen-bond acceptors (Lipinski definition) is 4. The Balaban J connectivity index is 1.63. The Bertz CT molecular complexity index is 2380. The molecular formula is C49H52N4O. The van der Waals surface area contributed by atoms with Gasteiger partial charge in [-0.15, -0.1) is 0 Å². The van der Waals surface area contributed by atoms with Gasteiger partial charge < -0.3 is 5.11 Å². The maximum Gasteiger partial charge on any atom is 0.165 e. The van der Waals surface area contributed by atoms with Crippen molar-refractivity contribution in [2.75, 3.05) is 0 Å². The molecule has 3 aromatic heterocycles. The van der Waals surface area contributed by atoms with Crippen LogP contribution in [0.1, 0.15) is 103 Å². The first-order chi connectivity index (χ1) is 25.6. The molecule has 7 rings (SSSR count). The van der Waals surface area contributed by atoms with Crippen LogP contribution in [0.15, 0.2) is 116 Å². The molecule has 0 atom stereocenters. The largest absolute Gasteiger partial charge is 0.507 e. The van der Waals surface area contributed by atoms with Gasteiger partial charge in [0.15, 0.2) is 11.5 Å². The molecule has 5 nitrogen and oxygen atoms in total. The number of hydrogen-bond donors (Lipinski definition) is 1. The smallest absolute Gasteiger partial charge is 0.165 e. The number of rotatable bonds is 7. The van der Waals surface area contributed by atoms with Gasteiger partial charge in [0, 0.05) is 29.1 Å². The first kappa shape index (κ1) is 36.8. The molecule has 0 saturated carbocycles. The molecule has 7 aromatic rings. The molecule has 0 amide bonds. The van der Waals surface area contributed by atoms with Crippen LogP contribution < -0.4 is 0 Å². The molecular weight excluding hydrogens is 661 g/mol. The van der Waals surface area contributed by atoms with Gasteiger partial charge in [-0.2, -0.15) is 0 Å². The molecule has 0 radical (unpaired) electrons. The van der Waals surface area contributed by atoms with Crippen molar-refractivity contribution in [2.24, 2.45) is 0 Å². The summed E-state index contributed by atoms with van der Waals surface area (Å²) >= 11 is 0. The molecule has 5 heteroatoms. The molecule has 0 bridgehead atoms. The van der Waals surface area contributed by atoms with Gasteiger partial charge in [0.05, 0.1) is 16.9 Å². The molecule has 0 unspecified atom stereocenters. The van der Waals surface area contributed by atoms with Gasteiger partial charge in [-0.1, -0.05) is 130 Å². The van der Waals surface area contributed by atoms with E-state index in [2.05, 4.69) is 159 Å². The number of para-hydroxylation sites is 1. The Hall–Kier alpha value is -5.55. The van der Waals surface area contributed by atoms with Crippen molar-refractivity contribution in [3.8, 4) is 56.3 Å². The van der Waals surface area contributed by atoms with Gasteiger partial charge in [-0.25, -0.2) is 9.97 Å². The van der Waals surface area contributed by atoms with Crippen LogP contribution in [0.4, 0.5) is 0 Å². The fourth-order valence-electron chi connectivity index (χ4n) is 7.44. The monoisotopic (exact) mass is 712 g/mol. The summed E-state index contributed by atoms with van der Waals surface area (Å²) < 4.78 is 2.23. The number of phenols is 1. The van der Waals surface area contributed by atoms with Gasteiger partial charge >= 0.3 is 0 Å². The number of phenolic OH excluding ortho intramolecular Hbond substituents is 1. The quantitative estimate of drug-likeness (QED) is 0.179.